The standard InChI is InChI=1S/C31H33ClN2O2S/c1-19-17-25-29(37-30(33-25)34-16-15-23(18-34)21-9-7-6-8-10-21)27(22-11-13-24(32)14-12-22)26(19)28(20(2)35)36-31(3,4)5/h6-14,17,23,28H,15-16,18H2,1-5H3/t23?,28-/m1/s1. The summed E-state index contributed by atoms with van der Waals surface area (Å²) in [6.45, 7) is 11.5. The van der Waals surface area contributed by atoms with E-state index in [-0.39, 0.29) is 5.78 Å². The summed E-state index contributed by atoms with van der Waals surface area (Å²) in [7, 11) is 0. The first-order valence-electron chi connectivity index (χ1n) is 12.8. The highest BCUT2D eigenvalue weighted by atomic mass is 35.5. The van der Waals surface area contributed by atoms with Gasteiger partial charge >= 0.3 is 0 Å². The van der Waals surface area contributed by atoms with Gasteiger partial charge in [-0.3, -0.25) is 4.79 Å². The van der Waals surface area contributed by atoms with Crippen LogP contribution < -0.4 is 4.90 Å². The number of carbonyl (C=O) groups is 1. The van der Waals surface area contributed by atoms with E-state index in [0.29, 0.717) is 10.9 Å². The first-order valence-corrected chi connectivity index (χ1v) is 14.0. The number of thiazole rings is 1. The Labute approximate surface area is 228 Å². The maximum absolute atomic E-state index is 13.0. The Morgan fingerprint density at radius 3 is 2.49 bits per heavy atom. The van der Waals surface area contributed by atoms with Gasteiger partial charge in [-0.25, -0.2) is 4.98 Å². The molecule has 0 amide bonds. The third kappa shape index (κ3) is 5.45. The van der Waals surface area contributed by atoms with Gasteiger partial charge in [0.25, 0.3) is 0 Å². The summed E-state index contributed by atoms with van der Waals surface area (Å²) < 4.78 is 7.44. The lowest BCUT2D eigenvalue weighted by molar-refractivity contribution is -0.138. The Balaban J connectivity index is 1.64. The maximum atomic E-state index is 13.0. The van der Waals surface area contributed by atoms with Crippen LogP contribution in [0.5, 0.6) is 0 Å². The van der Waals surface area contributed by atoms with E-state index in [1.165, 1.54) is 5.56 Å². The van der Waals surface area contributed by atoms with Crippen molar-refractivity contribution in [2.75, 3.05) is 18.0 Å². The molecule has 1 aliphatic rings. The van der Waals surface area contributed by atoms with E-state index in [9.17, 15) is 4.79 Å². The fourth-order valence-electron chi connectivity index (χ4n) is 5.21. The second-order valence-electron chi connectivity index (χ2n) is 10.9. The fraction of sp³-hybridized carbons (Fsp3) is 0.355. The number of Topliss-reactive ketones (excluding diaryl/α,β-unsaturated/α-hetero) is 1. The quantitative estimate of drug-likeness (QED) is 0.250. The van der Waals surface area contributed by atoms with Gasteiger partial charge in [-0.05, 0) is 75.9 Å². The van der Waals surface area contributed by atoms with Crippen molar-refractivity contribution >= 4 is 44.1 Å². The van der Waals surface area contributed by atoms with E-state index in [1.54, 1.807) is 18.3 Å². The molecule has 1 unspecified atom stereocenters. The normalized spacial score (nSPS) is 16.9. The van der Waals surface area contributed by atoms with Gasteiger partial charge in [0.15, 0.2) is 10.9 Å². The molecule has 0 aliphatic carbocycles. The summed E-state index contributed by atoms with van der Waals surface area (Å²) >= 11 is 7.95. The number of aromatic nitrogens is 1. The topological polar surface area (TPSA) is 42.4 Å². The predicted octanol–water partition coefficient (Wildman–Crippen LogP) is 8.36. The van der Waals surface area contributed by atoms with Gasteiger partial charge in [-0.15, -0.1) is 0 Å². The number of ketones is 1. The number of ether oxygens (including phenoxy) is 1. The van der Waals surface area contributed by atoms with Crippen LogP contribution in [0.4, 0.5) is 5.13 Å². The second kappa shape index (κ2) is 10.2. The van der Waals surface area contributed by atoms with E-state index >= 15 is 0 Å². The molecule has 37 heavy (non-hydrogen) atoms. The van der Waals surface area contributed by atoms with E-state index in [2.05, 4.69) is 48.2 Å². The molecule has 6 heteroatoms. The molecule has 1 fully saturated rings. The van der Waals surface area contributed by atoms with Crippen LogP contribution in [0.25, 0.3) is 21.3 Å². The average Bonchev–Trinajstić information content (AvgIpc) is 3.50. The maximum Gasteiger partial charge on any atom is 0.186 e. The molecule has 0 spiro atoms. The van der Waals surface area contributed by atoms with Crippen LogP contribution in [0.3, 0.4) is 0 Å². The molecule has 192 valence electrons. The Kier molecular flexibility index (Phi) is 7.14. The zero-order chi connectivity index (χ0) is 26.3. The van der Waals surface area contributed by atoms with Gasteiger partial charge in [0.2, 0.25) is 0 Å². The number of hydrogen-bond donors (Lipinski definition) is 0. The molecule has 2 heterocycles. The van der Waals surface area contributed by atoms with Gasteiger partial charge < -0.3 is 9.64 Å². The van der Waals surface area contributed by atoms with Crippen LogP contribution in [-0.2, 0) is 9.53 Å². The van der Waals surface area contributed by atoms with Crippen LogP contribution >= 0.6 is 22.9 Å². The van der Waals surface area contributed by atoms with Crippen molar-refractivity contribution < 1.29 is 9.53 Å². The van der Waals surface area contributed by atoms with Gasteiger partial charge in [0.1, 0.15) is 6.10 Å². The molecular formula is C31H33ClN2O2S. The van der Waals surface area contributed by atoms with Gasteiger partial charge in [-0.1, -0.05) is 65.4 Å². The molecule has 0 bridgehead atoms. The lowest BCUT2D eigenvalue weighted by atomic mass is 9.90. The van der Waals surface area contributed by atoms with Crippen LogP contribution in [0, 0.1) is 6.92 Å². The Morgan fingerprint density at radius 1 is 1.14 bits per heavy atom. The lowest BCUT2D eigenvalue weighted by Gasteiger charge is -2.29. The van der Waals surface area contributed by atoms with Crippen molar-refractivity contribution in [1.82, 2.24) is 4.98 Å². The van der Waals surface area contributed by atoms with E-state index in [0.717, 1.165) is 57.1 Å². The number of hydrogen-bond acceptors (Lipinski definition) is 5. The molecule has 0 saturated carbocycles. The molecule has 4 aromatic rings. The second-order valence-corrected chi connectivity index (χ2v) is 12.3. The minimum atomic E-state index is -0.671. The van der Waals surface area contributed by atoms with Gasteiger partial charge in [0.05, 0.1) is 15.8 Å². The number of carbonyl (C=O) groups excluding carboxylic acids is 1. The zero-order valence-electron chi connectivity index (χ0n) is 22.0. The van der Waals surface area contributed by atoms with Crippen molar-refractivity contribution in [2.45, 2.75) is 58.7 Å². The van der Waals surface area contributed by atoms with Crippen molar-refractivity contribution in [3.8, 4) is 11.1 Å². The molecule has 0 radical (unpaired) electrons. The highest BCUT2D eigenvalue weighted by Gasteiger charge is 2.31. The molecular weight excluding hydrogens is 500 g/mol. The molecule has 5 rings (SSSR count). The predicted molar refractivity (Wildman–Crippen MR) is 155 cm³/mol. The van der Waals surface area contributed by atoms with E-state index in [4.69, 9.17) is 21.3 Å². The van der Waals surface area contributed by atoms with Crippen molar-refractivity contribution in [3.05, 3.63) is 82.4 Å². The highest BCUT2D eigenvalue weighted by molar-refractivity contribution is 7.22. The first kappa shape index (κ1) is 25.9. The Bertz CT molecular complexity index is 1420. The molecule has 3 aromatic carbocycles. The summed E-state index contributed by atoms with van der Waals surface area (Å²) in [4.78, 5) is 20.5. The third-order valence-electron chi connectivity index (χ3n) is 6.88. The molecule has 4 nitrogen and oxygen atoms in total. The molecule has 2 atom stereocenters. The van der Waals surface area contributed by atoms with Crippen LogP contribution in [0.2, 0.25) is 5.02 Å². The first-order chi connectivity index (χ1) is 17.6. The van der Waals surface area contributed by atoms with E-state index in [1.807, 2.05) is 45.0 Å². The average molecular weight is 533 g/mol. The molecule has 1 aliphatic heterocycles. The fourth-order valence-corrected chi connectivity index (χ4v) is 6.49. The minimum absolute atomic E-state index is 0.0115. The largest absolute Gasteiger partial charge is 0.360 e. The number of nitrogens with zero attached hydrogens (tertiary/aromatic N) is 2. The van der Waals surface area contributed by atoms with E-state index < -0.39 is 11.7 Å². The minimum Gasteiger partial charge on any atom is -0.360 e. The monoisotopic (exact) mass is 532 g/mol. The van der Waals surface area contributed by atoms with Crippen LogP contribution in [-0.4, -0.2) is 29.5 Å². The van der Waals surface area contributed by atoms with Gasteiger partial charge in [0, 0.05) is 35.2 Å². The lowest BCUT2D eigenvalue weighted by Crippen LogP contribution is -2.27. The highest BCUT2D eigenvalue weighted by Crippen LogP contribution is 2.45. The number of benzene rings is 3. The number of fused-ring (bicyclic) bond motifs is 1. The summed E-state index contributed by atoms with van der Waals surface area (Å²) in [5, 5.41) is 1.70. The number of rotatable bonds is 6. The van der Waals surface area contributed by atoms with Crippen molar-refractivity contribution in [1.29, 1.82) is 0 Å². The zero-order valence-corrected chi connectivity index (χ0v) is 23.6. The molecule has 0 N–H and O–H groups in total. The van der Waals surface area contributed by atoms with Crippen LogP contribution in [0.1, 0.15) is 62.8 Å². The van der Waals surface area contributed by atoms with Crippen LogP contribution in [0.15, 0.2) is 60.7 Å². The van der Waals surface area contributed by atoms with Crippen molar-refractivity contribution in [3.63, 3.8) is 0 Å². The smallest absolute Gasteiger partial charge is 0.186 e. The summed E-state index contributed by atoms with van der Waals surface area (Å²) in [5.74, 6) is 0.492. The third-order valence-corrected chi connectivity index (χ3v) is 8.28. The SMILES string of the molecule is CC(=O)[C@@H](OC(C)(C)C)c1c(C)cc2nc(N3CCC(c4ccccc4)C3)sc2c1-c1ccc(Cl)cc1. The summed E-state index contributed by atoms with van der Waals surface area (Å²) in [6, 6.07) is 20.7. The Hall–Kier alpha value is -2.73. The molecule has 1 saturated heterocycles. The number of aryl methyl sites for hydroxylation is 1. The number of halogens is 1. The number of anilines is 1. The van der Waals surface area contributed by atoms with Crippen molar-refractivity contribution in [2.24, 2.45) is 0 Å². The Morgan fingerprint density at radius 2 is 1.84 bits per heavy atom. The van der Waals surface area contributed by atoms with Gasteiger partial charge in [-0.2, -0.15) is 0 Å². The molecule has 1 aromatic heterocycles. The summed E-state index contributed by atoms with van der Waals surface area (Å²) in [6.07, 6.45) is 0.440. The summed E-state index contributed by atoms with van der Waals surface area (Å²) in [5.41, 5.74) is 5.80.